The van der Waals surface area contributed by atoms with Gasteiger partial charge in [-0.05, 0) is 45.9 Å². The number of ether oxygens (including phenoxy) is 2. The van der Waals surface area contributed by atoms with Crippen LogP contribution in [-0.4, -0.2) is 13.2 Å². The molecule has 0 bridgehead atoms. The van der Waals surface area contributed by atoms with Crippen molar-refractivity contribution in [3.05, 3.63) is 47.5 Å². The molecule has 0 radical (unpaired) electrons. The molecule has 0 N–H and O–H groups in total. The summed E-state index contributed by atoms with van der Waals surface area (Å²) in [4.78, 5) is 0. The van der Waals surface area contributed by atoms with Crippen molar-refractivity contribution in [2.24, 2.45) is 11.8 Å². The Labute approximate surface area is 134 Å². The van der Waals surface area contributed by atoms with Crippen LogP contribution >= 0.6 is 0 Å². The largest absolute Gasteiger partial charge is 0.376 e. The molecule has 0 aromatic heterocycles. The van der Waals surface area contributed by atoms with Gasteiger partial charge in [-0.2, -0.15) is 0 Å². The molecule has 2 nitrogen and oxygen atoms in total. The Kier molecular flexibility index (Phi) is 6.41. The molecule has 0 atom stereocenters. The van der Waals surface area contributed by atoms with Gasteiger partial charge in [-0.1, -0.05) is 52.0 Å². The molecule has 0 spiro atoms. The SMILES string of the molecule is CC(C)COCc1cc2ccccc2cc1COCC(C)C. The van der Waals surface area contributed by atoms with E-state index in [1.54, 1.807) is 0 Å². The van der Waals surface area contributed by atoms with E-state index in [1.807, 2.05) is 0 Å². The van der Waals surface area contributed by atoms with Crippen LogP contribution < -0.4 is 0 Å². The van der Waals surface area contributed by atoms with Crippen LogP contribution in [0, 0.1) is 11.8 Å². The van der Waals surface area contributed by atoms with Crippen molar-refractivity contribution < 1.29 is 9.47 Å². The maximum absolute atomic E-state index is 5.84. The molecule has 0 aliphatic carbocycles. The van der Waals surface area contributed by atoms with Crippen molar-refractivity contribution in [2.75, 3.05) is 13.2 Å². The summed E-state index contributed by atoms with van der Waals surface area (Å²) in [5, 5.41) is 2.52. The van der Waals surface area contributed by atoms with Crippen LogP contribution in [0.15, 0.2) is 36.4 Å². The van der Waals surface area contributed by atoms with E-state index < -0.39 is 0 Å². The Bertz CT molecular complexity index is 535. The van der Waals surface area contributed by atoms with Crippen LogP contribution in [0.2, 0.25) is 0 Å². The van der Waals surface area contributed by atoms with Crippen molar-refractivity contribution in [2.45, 2.75) is 40.9 Å². The van der Waals surface area contributed by atoms with E-state index >= 15 is 0 Å². The smallest absolute Gasteiger partial charge is 0.0720 e. The monoisotopic (exact) mass is 300 g/mol. The van der Waals surface area contributed by atoms with Gasteiger partial charge in [0.1, 0.15) is 0 Å². The molecule has 0 aliphatic rings. The summed E-state index contributed by atoms with van der Waals surface area (Å²) in [5.74, 6) is 1.11. The zero-order valence-corrected chi connectivity index (χ0v) is 14.3. The highest BCUT2D eigenvalue weighted by atomic mass is 16.5. The van der Waals surface area contributed by atoms with E-state index in [9.17, 15) is 0 Å². The molecule has 2 rings (SSSR count). The van der Waals surface area contributed by atoms with E-state index in [2.05, 4.69) is 64.1 Å². The van der Waals surface area contributed by atoms with Crippen LogP contribution in [0.3, 0.4) is 0 Å². The lowest BCUT2D eigenvalue weighted by atomic mass is 10.0. The second kappa shape index (κ2) is 8.30. The molecule has 0 aliphatic heterocycles. The first-order valence-electron chi connectivity index (χ1n) is 8.22. The van der Waals surface area contributed by atoms with Gasteiger partial charge in [0.25, 0.3) is 0 Å². The van der Waals surface area contributed by atoms with Crippen molar-refractivity contribution in [3.63, 3.8) is 0 Å². The van der Waals surface area contributed by atoms with Gasteiger partial charge in [0.15, 0.2) is 0 Å². The van der Waals surface area contributed by atoms with Crippen LogP contribution in [-0.2, 0) is 22.7 Å². The Balaban J connectivity index is 2.16. The predicted molar refractivity (Wildman–Crippen MR) is 92.9 cm³/mol. The highest BCUT2D eigenvalue weighted by Crippen LogP contribution is 2.22. The van der Waals surface area contributed by atoms with Crippen molar-refractivity contribution in [1.82, 2.24) is 0 Å². The standard InChI is InChI=1S/C20H28O2/c1-15(2)11-21-13-19-9-17-7-5-6-8-18(17)10-20(19)14-22-12-16(3)4/h5-10,15-16H,11-14H2,1-4H3. The maximum atomic E-state index is 5.84. The molecule has 0 saturated carbocycles. The van der Waals surface area contributed by atoms with Gasteiger partial charge in [0.2, 0.25) is 0 Å². The van der Waals surface area contributed by atoms with Crippen molar-refractivity contribution in [3.8, 4) is 0 Å². The second-order valence-corrected chi connectivity index (χ2v) is 6.79. The molecule has 120 valence electrons. The minimum atomic E-state index is 0.557. The lowest BCUT2D eigenvalue weighted by Gasteiger charge is -2.14. The molecule has 0 amide bonds. The van der Waals surface area contributed by atoms with Crippen LogP contribution in [0.5, 0.6) is 0 Å². The molecule has 0 unspecified atom stereocenters. The summed E-state index contributed by atoms with van der Waals surface area (Å²) < 4.78 is 11.7. The third-order valence-corrected chi connectivity index (χ3v) is 3.49. The molecule has 2 heteroatoms. The first-order chi connectivity index (χ1) is 10.6. The van der Waals surface area contributed by atoms with Gasteiger partial charge in [0.05, 0.1) is 13.2 Å². The zero-order valence-electron chi connectivity index (χ0n) is 14.3. The quantitative estimate of drug-likeness (QED) is 0.668. The number of hydrogen-bond donors (Lipinski definition) is 0. The first kappa shape index (κ1) is 17.0. The Morgan fingerprint density at radius 1 is 0.727 bits per heavy atom. The average Bonchev–Trinajstić information content (AvgIpc) is 2.46. The summed E-state index contributed by atoms with van der Waals surface area (Å²) in [5.41, 5.74) is 2.48. The van der Waals surface area contributed by atoms with Gasteiger partial charge < -0.3 is 9.47 Å². The zero-order chi connectivity index (χ0) is 15.9. The van der Waals surface area contributed by atoms with E-state index in [4.69, 9.17) is 9.47 Å². The van der Waals surface area contributed by atoms with Crippen molar-refractivity contribution >= 4 is 10.8 Å². The fourth-order valence-electron chi connectivity index (χ4n) is 2.41. The minimum absolute atomic E-state index is 0.557. The minimum Gasteiger partial charge on any atom is -0.376 e. The van der Waals surface area contributed by atoms with E-state index in [-0.39, 0.29) is 0 Å². The van der Waals surface area contributed by atoms with Crippen LogP contribution in [0.1, 0.15) is 38.8 Å². The lowest BCUT2D eigenvalue weighted by molar-refractivity contribution is 0.0849. The van der Waals surface area contributed by atoms with Crippen molar-refractivity contribution in [1.29, 1.82) is 0 Å². The van der Waals surface area contributed by atoms with Gasteiger partial charge in [-0.3, -0.25) is 0 Å². The van der Waals surface area contributed by atoms with Crippen LogP contribution in [0.4, 0.5) is 0 Å². The fourth-order valence-corrected chi connectivity index (χ4v) is 2.41. The van der Waals surface area contributed by atoms with E-state index in [0.717, 1.165) is 13.2 Å². The number of fused-ring (bicyclic) bond motifs is 1. The summed E-state index contributed by atoms with van der Waals surface area (Å²) in [6.07, 6.45) is 0. The Hall–Kier alpha value is -1.38. The normalized spacial score (nSPS) is 11.7. The molecule has 2 aromatic rings. The van der Waals surface area contributed by atoms with E-state index in [1.165, 1.54) is 21.9 Å². The summed E-state index contributed by atoms with van der Waals surface area (Å²) in [6.45, 7) is 11.6. The second-order valence-electron chi connectivity index (χ2n) is 6.79. The Morgan fingerprint density at radius 3 is 1.50 bits per heavy atom. The number of rotatable bonds is 8. The third-order valence-electron chi connectivity index (χ3n) is 3.49. The van der Waals surface area contributed by atoms with Gasteiger partial charge in [0, 0.05) is 13.2 Å². The van der Waals surface area contributed by atoms with Gasteiger partial charge in [-0.15, -0.1) is 0 Å². The summed E-state index contributed by atoms with van der Waals surface area (Å²) in [7, 11) is 0. The summed E-state index contributed by atoms with van der Waals surface area (Å²) in [6, 6.07) is 12.9. The average molecular weight is 300 g/mol. The first-order valence-corrected chi connectivity index (χ1v) is 8.22. The Morgan fingerprint density at radius 2 is 1.14 bits per heavy atom. The lowest BCUT2D eigenvalue weighted by Crippen LogP contribution is -2.07. The van der Waals surface area contributed by atoms with E-state index in [0.29, 0.717) is 25.0 Å². The fraction of sp³-hybridized carbons (Fsp3) is 0.500. The molecular weight excluding hydrogens is 272 g/mol. The topological polar surface area (TPSA) is 18.5 Å². The number of benzene rings is 2. The van der Waals surface area contributed by atoms with Gasteiger partial charge in [-0.25, -0.2) is 0 Å². The number of hydrogen-bond acceptors (Lipinski definition) is 2. The molecule has 0 fully saturated rings. The highest BCUT2D eigenvalue weighted by Gasteiger charge is 2.07. The maximum Gasteiger partial charge on any atom is 0.0720 e. The molecule has 0 saturated heterocycles. The molecular formula is C20H28O2. The highest BCUT2D eigenvalue weighted by molar-refractivity contribution is 5.84. The molecule has 2 aromatic carbocycles. The summed E-state index contributed by atoms with van der Waals surface area (Å²) >= 11 is 0. The molecule has 0 heterocycles. The molecule has 22 heavy (non-hydrogen) atoms. The van der Waals surface area contributed by atoms with Crippen LogP contribution in [0.25, 0.3) is 10.8 Å². The third kappa shape index (κ3) is 5.11. The van der Waals surface area contributed by atoms with Gasteiger partial charge >= 0.3 is 0 Å². The predicted octanol–water partition coefficient (Wildman–Crippen LogP) is 5.19.